The van der Waals surface area contributed by atoms with Crippen LogP contribution < -0.4 is 9.84 Å². The summed E-state index contributed by atoms with van der Waals surface area (Å²) in [5, 5.41) is 22.4. The lowest BCUT2D eigenvalue weighted by atomic mass is 10.2. The quantitative estimate of drug-likeness (QED) is 0.480. The summed E-state index contributed by atoms with van der Waals surface area (Å²) in [6.07, 6.45) is 1.31. The van der Waals surface area contributed by atoms with E-state index in [1.165, 1.54) is 18.3 Å². The maximum absolute atomic E-state index is 11.7. The number of nitro groups is 1. The van der Waals surface area contributed by atoms with Crippen LogP contribution in [0.5, 0.6) is 11.5 Å². The first kappa shape index (κ1) is 14.5. The van der Waals surface area contributed by atoms with Gasteiger partial charge in [0.25, 0.3) is 5.69 Å². The maximum Gasteiger partial charge on any atom is 0.270 e. The van der Waals surface area contributed by atoms with Crippen LogP contribution in [0.1, 0.15) is 12.5 Å². The molecule has 0 N–H and O–H groups in total. The minimum atomic E-state index is -0.551. The van der Waals surface area contributed by atoms with Crippen LogP contribution in [0, 0.1) is 10.1 Å². The Morgan fingerprint density at radius 3 is 2.76 bits per heavy atom. The van der Waals surface area contributed by atoms with E-state index < -0.39 is 4.92 Å². The van der Waals surface area contributed by atoms with Crippen LogP contribution in [0.15, 0.2) is 47.5 Å². The summed E-state index contributed by atoms with van der Waals surface area (Å²) in [6.45, 7) is 2.35. The average molecular weight is 285 g/mol. The Kier molecular flexibility index (Phi) is 4.50. The fourth-order valence-corrected chi connectivity index (χ4v) is 1.73. The molecular formula is C15H13N2O4-. The number of rotatable bonds is 5. The summed E-state index contributed by atoms with van der Waals surface area (Å²) in [5.41, 5.74) is 0.579. The monoisotopic (exact) mass is 285 g/mol. The Bertz CT molecular complexity index is 683. The van der Waals surface area contributed by atoms with Crippen molar-refractivity contribution in [3.8, 4) is 11.5 Å². The van der Waals surface area contributed by atoms with Crippen molar-refractivity contribution in [3.05, 3.63) is 58.1 Å². The molecule has 0 spiro atoms. The molecule has 2 aromatic carbocycles. The minimum absolute atomic E-state index is 0.144. The van der Waals surface area contributed by atoms with Crippen LogP contribution in [-0.2, 0) is 0 Å². The number of nitro benzene ring substituents is 1. The number of benzene rings is 2. The van der Waals surface area contributed by atoms with Gasteiger partial charge in [0, 0.05) is 18.3 Å². The Labute approximate surface area is 121 Å². The molecule has 0 heterocycles. The number of para-hydroxylation sites is 2. The molecule has 0 aromatic heterocycles. The third kappa shape index (κ3) is 3.56. The SMILES string of the molecule is CCOc1ccccc1N=Cc1cc([N+](=O)[O-])ccc1[O-]. The van der Waals surface area contributed by atoms with Gasteiger partial charge < -0.3 is 9.84 Å². The van der Waals surface area contributed by atoms with Crippen LogP contribution in [0.3, 0.4) is 0 Å². The fourth-order valence-electron chi connectivity index (χ4n) is 1.73. The van der Waals surface area contributed by atoms with E-state index in [0.717, 1.165) is 6.07 Å². The summed E-state index contributed by atoms with van der Waals surface area (Å²) in [7, 11) is 0. The topological polar surface area (TPSA) is 87.8 Å². The third-order valence-corrected chi connectivity index (χ3v) is 2.71. The molecule has 0 bridgehead atoms. The van der Waals surface area contributed by atoms with Crippen LogP contribution in [0.2, 0.25) is 0 Å². The first-order valence-corrected chi connectivity index (χ1v) is 6.33. The van der Waals surface area contributed by atoms with Crippen LogP contribution >= 0.6 is 0 Å². The van der Waals surface area contributed by atoms with Gasteiger partial charge in [0.2, 0.25) is 0 Å². The first-order valence-electron chi connectivity index (χ1n) is 6.33. The summed E-state index contributed by atoms with van der Waals surface area (Å²) >= 11 is 0. The maximum atomic E-state index is 11.7. The molecule has 2 aromatic rings. The highest BCUT2D eigenvalue weighted by atomic mass is 16.6. The van der Waals surface area contributed by atoms with Crippen LogP contribution in [0.25, 0.3) is 0 Å². The molecule has 21 heavy (non-hydrogen) atoms. The normalized spacial score (nSPS) is 10.7. The molecule has 0 amide bonds. The molecule has 0 aliphatic carbocycles. The Morgan fingerprint density at radius 2 is 2.05 bits per heavy atom. The molecule has 0 saturated carbocycles. The van der Waals surface area contributed by atoms with Crippen molar-refractivity contribution in [2.45, 2.75) is 6.92 Å². The summed E-state index contributed by atoms with van der Waals surface area (Å²) in [4.78, 5) is 14.4. The van der Waals surface area contributed by atoms with E-state index in [4.69, 9.17) is 4.74 Å². The van der Waals surface area contributed by atoms with E-state index in [9.17, 15) is 15.2 Å². The van der Waals surface area contributed by atoms with Crippen molar-refractivity contribution in [2.75, 3.05) is 6.61 Å². The molecule has 6 nitrogen and oxygen atoms in total. The minimum Gasteiger partial charge on any atom is -0.872 e. The molecule has 0 fully saturated rings. The molecule has 0 aliphatic rings. The highest BCUT2D eigenvalue weighted by molar-refractivity contribution is 5.86. The lowest BCUT2D eigenvalue weighted by Crippen LogP contribution is -1.98. The molecule has 0 unspecified atom stereocenters. The molecule has 0 atom stereocenters. The van der Waals surface area contributed by atoms with E-state index in [2.05, 4.69) is 4.99 Å². The van der Waals surface area contributed by atoms with Crippen molar-refractivity contribution in [1.82, 2.24) is 0 Å². The lowest BCUT2D eigenvalue weighted by molar-refractivity contribution is -0.385. The smallest absolute Gasteiger partial charge is 0.270 e. The van der Waals surface area contributed by atoms with Gasteiger partial charge in [-0.2, -0.15) is 0 Å². The zero-order valence-electron chi connectivity index (χ0n) is 11.4. The molecule has 108 valence electrons. The van der Waals surface area contributed by atoms with Gasteiger partial charge in [-0.15, -0.1) is 0 Å². The zero-order chi connectivity index (χ0) is 15.2. The van der Waals surface area contributed by atoms with Gasteiger partial charge in [0.05, 0.1) is 11.5 Å². The second-order valence-electron chi connectivity index (χ2n) is 4.14. The predicted molar refractivity (Wildman–Crippen MR) is 77.4 cm³/mol. The first-order chi connectivity index (χ1) is 10.1. The highest BCUT2D eigenvalue weighted by Gasteiger charge is 2.06. The largest absolute Gasteiger partial charge is 0.872 e. The lowest BCUT2D eigenvalue weighted by Gasteiger charge is -2.09. The number of non-ortho nitro benzene ring substituents is 1. The van der Waals surface area contributed by atoms with Crippen molar-refractivity contribution in [1.29, 1.82) is 0 Å². The molecule has 0 aliphatic heterocycles. The summed E-state index contributed by atoms with van der Waals surface area (Å²) in [6, 6.07) is 10.7. The van der Waals surface area contributed by atoms with E-state index in [0.29, 0.717) is 18.0 Å². The van der Waals surface area contributed by atoms with Gasteiger partial charge in [0.15, 0.2) is 0 Å². The number of hydrogen-bond acceptors (Lipinski definition) is 5. The standard InChI is InChI=1S/C15H14N2O4/c1-2-21-15-6-4-3-5-13(15)16-10-11-9-12(17(19)20)7-8-14(11)18/h3-10,18H,2H2,1H3/p-1. The molecule has 6 heteroatoms. The number of nitrogens with zero attached hydrogens (tertiary/aromatic N) is 2. The fraction of sp³-hybridized carbons (Fsp3) is 0.133. The van der Waals surface area contributed by atoms with Gasteiger partial charge >= 0.3 is 0 Å². The van der Waals surface area contributed by atoms with Gasteiger partial charge in [-0.1, -0.05) is 23.9 Å². The summed E-state index contributed by atoms with van der Waals surface area (Å²) in [5.74, 6) is 0.271. The molecule has 0 saturated heterocycles. The molecular weight excluding hydrogens is 272 g/mol. The molecule has 0 radical (unpaired) electrons. The number of aliphatic imine (C=N–C) groups is 1. The summed E-state index contributed by atoms with van der Waals surface area (Å²) < 4.78 is 5.42. The second kappa shape index (κ2) is 6.51. The van der Waals surface area contributed by atoms with E-state index >= 15 is 0 Å². The Balaban J connectivity index is 2.33. The second-order valence-corrected chi connectivity index (χ2v) is 4.14. The van der Waals surface area contributed by atoms with Crippen molar-refractivity contribution >= 4 is 17.6 Å². The average Bonchev–Trinajstić information content (AvgIpc) is 2.48. The number of hydrogen-bond donors (Lipinski definition) is 0. The van der Waals surface area contributed by atoms with Gasteiger partial charge in [0.1, 0.15) is 11.4 Å². The van der Waals surface area contributed by atoms with Crippen molar-refractivity contribution in [2.24, 2.45) is 4.99 Å². The van der Waals surface area contributed by atoms with Gasteiger partial charge in [-0.05, 0) is 24.6 Å². The van der Waals surface area contributed by atoms with Crippen LogP contribution in [-0.4, -0.2) is 17.7 Å². The third-order valence-electron chi connectivity index (χ3n) is 2.71. The van der Waals surface area contributed by atoms with E-state index in [1.54, 1.807) is 18.2 Å². The van der Waals surface area contributed by atoms with E-state index in [1.807, 2.05) is 13.0 Å². The zero-order valence-corrected chi connectivity index (χ0v) is 11.4. The van der Waals surface area contributed by atoms with Gasteiger partial charge in [-0.25, -0.2) is 0 Å². The Morgan fingerprint density at radius 1 is 1.29 bits per heavy atom. The number of ether oxygens (including phenoxy) is 1. The predicted octanol–water partition coefficient (Wildman–Crippen LogP) is 2.82. The molecule has 2 rings (SSSR count). The highest BCUT2D eigenvalue weighted by Crippen LogP contribution is 2.27. The van der Waals surface area contributed by atoms with Crippen LogP contribution in [0.4, 0.5) is 11.4 Å². The van der Waals surface area contributed by atoms with Crippen molar-refractivity contribution < 1.29 is 14.8 Å². The Hall–Kier alpha value is -2.89. The van der Waals surface area contributed by atoms with Gasteiger partial charge in [-0.3, -0.25) is 15.1 Å². The van der Waals surface area contributed by atoms with E-state index in [-0.39, 0.29) is 17.0 Å². The van der Waals surface area contributed by atoms with Crippen molar-refractivity contribution in [3.63, 3.8) is 0 Å².